The fraction of sp³-hybridized carbons (Fsp3) is 0.269. The summed E-state index contributed by atoms with van der Waals surface area (Å²) in [6.45, 7) is 6.12. The van der Waals surface area contributed by atoms with Crippen LogP contribution in [-0.4, -0.2) is 28.3 Å². The number of hydrogen-bond acceptors (Lipinski definition) is 6. The van der Waals surface area contributed by atoms with Crippen LogP contribution in [0.4, 0.5) is 5.69 Å². The highest BCUT2D eigenvalue weighted by Crippen LogP contribution is 2.31. The van der Waals surface area contributed by atoms with Crippen LogP contribution in [0.5, 0.6) is 5.75 Å². The Balaban J connectivity index is 1.71. The van der Waals surface area contributed by atoms with Crippen molar-refractivity contribution in [2.24, 2.45) is 0 Å². The lowest BCUT2D eigenvalue weighted by molar-refractivity contribution is -0.113. The smallest absolute Gasteiger partial charge is 0.267 e. The minimum absolute atomic E-state index is 0.118. The maximum absolute atomic E-state index is 13.7. The number of nitrogens with one attached hydrogen (secondary N) is 1. The molecule has 1 amide bonds. The van der Waals surface area contributed by atoms with Crippen LogP contribution in [0.2, 0.25) is 0 Å². The summed E-state index contributed by atoms with van der Waals surface area (Å²) >= 11 is 2.82. The maximum atomic E-state index is 13.7. The van der Waals surface area contributed by atoms with Crippen molar-refractivity contribution >= 4 is 44.9 Å². The zero-order valence-corrected chi connectivity index (χ0v) is 21.3. The van der Waals surface area contributed by atoms with E-state index < -0.39 is 0 Å². The van der Waals surface area contributed by atoms with Crippen LogP contribution in [0, 0.1) is 13.8 Å². The van der Waals surface area contributed by atoms with Crippen molar-refractivity contribution < 1.29 is 9.53 Å². The lowest BCUT2D eigenvalue weighted by atomic mass is 10.1. The van der Waals surface area contributed by atoms with E-state index in [4.69, 9.17) is 9.72 Å². The van der Waals surface area contributed by atoms with Crippen LogP contribution in [-0.2, 0) is 11.2 Å². The van der Waals surface area contributed by atoms with E-state index in [0.29, 0.717) is 22.0 Å². The van der Waals surface area contributed by atoms with E-state index in [1.165, 1.54) is 16.6 Å². The van der Waals surface area contributed by atoms with Gasteiger partial charge in [-0.15, -0.1) is 11.3 Å². The highest BCUT2D eigenvalue weighted by atomic mass is 32.2. The Morgan fingerprint density at radius 2 is 1.82 bits per heavy atom. The molecule has 4 rings (SSSR count). The molecule has 0 saturated heterocycles. The summed E-state index contributed by atoms with van der Waals surface area (Å²) in [5.41, 5.74) is 3.43. The van der Waals surface area contributed by atoms with Gasteiger partial charge in [0, 0.05) is 10.6 Å². The van der Waals surface area contributed by atoms with Gasteiger partial charge in [0.05, 0.1) is 23.9 Å². The van der Waals surface area contributed by atoms with E-state index in [-0.39, 0.29) is 17.2 Å². The summed E-state index contributed by atoms with van der Waals surface area (Å²) in [4.78, 5) is 33.1. The lowest BCUT2D eigenvalue weighted by Crippen LogP contribution is -2.22. The van der Waals surface area contributed by atoms with Gasteiger partial charge in [-0.05, 0) is 62.2 Å². The quantitative estimate of drug-likeness (QED) is 0.250. The second-order valence-corrected chi connectivity index (χ2v) is 10.0. The second kappa shape index (κ2) is 10.4. The number of amides is 1. The summed E-state index contributed by atoms with van der Waals surface area (Å²) in [6, 6.07) is 14.9. The Morgan fingerprint density at radius 3 is 2.47 bits per heavy atom. The van der Waals surface area contributed by atoms with Crippen molar-refractivity contribution in [3.05, 3.63) is 74.9 Å². The number of carbonyl (C=O) groups excluding carboxylic acids is 1. The van der Waals surface area contributed by atoms with Crippen LogP contribution in [0.15, 0.2) is 58.5 Å². The molecule has 2 heterocycles. The van der Waals surface area contributed by atoms with Crippen molar-refractivity contribution in [2.75, 3.05) is 18.2 Å². The SMILES string of the molecule is CCCc1sc2nc(SCC(=O)Nc3ccc(C)cc3)n(-c3ccc(OC)cc3)c(=O)c2c1C. The van der Waals surface area contributed by atoms with Gasteiger partial charge in [-0.25, -0.2) is 4.98 Å². The van der Waals surface area contributed by atoms with E-state index >= 15 is 0 Å². The number of aromatic nitrogens is 2. The van der Waals surface area contributed by atoms with Crippen molar-refractivity contribution in [3.63, 3.8) is 0 Å². The van der Waals surface area contributed by atoms with Gasteiger partial charge < -0.3 is 10.1 Å². The number of thioether (sulfide) groups is 1. The van der Waals surface area contributed by atoms with Crippen molar-refractivity contribution in [1.29, 1.82) is 0 Å². The maximum Gasteiger partial charge on any atom is 0.267 e. The van der Waals surface area contributed by atoms with Gasteiger partial charge in [0.15, 0.2) is 5.16 Å². The van der Waals surface area contributed by atoms with Crippen molar-refractivity contribution in [1.82, 2.24) is 9.55 Å². The Labute approximate surface area is 207 Å². The van der Waals surface area contributed by atoms with Crippen LogP contribution < -0.4 is 15.6 Å². The molecule has 0 unspecified atom stereocenters. The fourth-order valence-corrected chi connectivity index (χ4v) is 5.83. The number of anilines is 1. The number of fused-ring (bicyclic) bond motifs is 1. The molecule has 0 fully saturated rings. The number of ether oxygens (including phenoxy) is 1. The normalized spacial score (nSPS) is 11.1. The zero-order chi connectivity index (χ0) is 24.2. The van der Waals surface area contributed by atoms with E-state index in [9.17, 15) is 9.59 Å². The molecular formula is C26H27N3O3S2. The summed E-state index contributed by atoms with van der Waals surface area (Å²) in [5.74, 6) is 0.682. The number of methoxy groups -OCH3 is 1. The van der Waals surface area contributed by atoms with Gasteiger partial charge in [-0.2, -0.15) is 0 Å². The number of carbonyl (C=O) groups is 1. The average Bonchev–Trinajstić information content (AvgIpc) is 3.15. The summed E-state index contributed by atoms with van der Waals surface area (Å²) in [7, 11) is 1.60. The van der Waals surface area contributed by atoms with Gasteiger partial charge in [0.25, 0.3) is 5.56 Å². The predicted molar refractivity (Wildman–Crippen MR) is 141 cm³/mol. The minimum atomic E-state index is -0.154. The van der Waals surface area contributed by atoms with E-state index in [0.717, 1.165) is 34.5 Å². The second-order valence-electron chi connectivity index (χ2n) is 8.02. The fourth-order valence-electron chi connectivity index (χ4n) is 3.70. The van der Waals surface area contributed by atoms with Gasteiger partial charge >= 0.3 is 0 Å². The predicted octanol–water partition coefficient (Wildman–Crippen LogP) is 5.76. The number of rotatable bonds is 8. The van der Waals surface area contributed by atoms with Gasteiger partial charge in [-0.3, -0.25) is 14.2 Å². The Kier molecular flexibility index (Phi) is 7.38. The average molecular weight is 494 g/mol. The molecule has 0 spiro atoms. The van der Waals surface area contributed by atoms with Crippen LogP contribution in [0.1, 0.15) is 29.3 Å². The van der Waals surface area contributed by atoms with Crippen molar-refractivity contribution in [2.45, 2.75) is 38.8 Å². The standard InChI is InChI=1S/C26H27N3O3S2/c1-5-6-21-17(3)23-24(34-21)28-26(29(25(23)31)19-11-13-20(32-4)14-12-19)33-15-22(30)27-18-9-7-16(2)8-10-18/h7-14H,5-6,15H2,1-4H3,(H,27,30). The number of aryl methyl sites for hydroxylation is 3. The Bertz CT molecular complexity index is 1370. The molecule has 34 heavy (non-hydrogen) atoms. The first-order chi connectivity index (χ1) is 16.4. The largest absolute Gasteiger partial charge is 0.497 e. The first-order valence-corrected chi connectivity index (χ1v) is 12.9. The monoisotopic (exact) mass is 493 g/mol. The van der Waals surface area contributed by atoms with Crippen molar-refractivity contribution in [3.8, 4) is 11.4 Å². The summed E-state index contributed by atoms with van der Waals surface area (Å²) < 4.78 is 6.87. The molecule has 8 heteroatoms. The lowest BCUT2D eigenvalue weighted by Gasteiger charge is -2.13. The molecule has 0 aliphatic heterocycles. The Morgan fingerprint density at radius 1 is 1.12 bits per heavy atom. The zero-order valence-electron chi connectivity index (χ0n) is 19.7. The first-order valence-electron chi connectivity index (χ1n) is 11.1. The molecule has 0 atom stereocenters. The molecular weight excluding hydrogens is 466 g/mol. The third-order valence-corrected chi connectivity index (χ3v) is 7.69. The summed E-state index contributed by atoms with van der Waals surface area (Å²) in [6.07, 6.45) is 1.91. The topological polar surface area (TPSA) is 73.2 Å². The summed E-state index contributed by atoms with van der Waals surface area (Å²) in [5, 5.41) is 4.05. The van der Waals surface area contributed by atoms with Crippen LogP contribution in [0.25, 0.3) is 15.9 Å². The molecule has 4 aromatic rings. The van der Waals surface area contributed by atoms with Gasteiger partial charge in [-0.1, -0.05) is 42.8 Å². The Hall–Kier alpha value is -3.10. The van der Waals surface area contributed by atoms with E-state index in [1.54, 1.807) is 23.0 Å². The molecule has 2 aromatic heterocycles. The van der Waals surface area contributed by atoms with E-state index in [1.807, 2.05) is 62.4 Å². The molecule has 176 valence electrons. The first kappa shape index (κ1) is 24.0. The van der Waals surface area contributed by atoms with Gasteiger partial charge in [0.1, 0.15) is 10.6 Å². The van der Waals surface area contributed by atoms with Gasteiger partial charge in [0.2, 0.25) is 5.91 Å². The molecule has 2 aromatic carbocycles. The molecule has 6 nitrogen and oxygen atoms in total. The highest BCUT2D eigenvalue weighted by Gasteiger charge is 2.20. The number of nitrogens with zero attached hydrogens (tertiary/aromatic N) is 2. The highest BCUT2D eigenvalue weighted by molar-refractivity contribution is 7.99. The third kappa shape index (κ3) is 5.03. The molecule has 0 aliphatic carbocycles. The minimum Gasteiger partial charge on any atom is -0.497 e. The van der Waals surface area contributed by atoms with E-state index in [2.05, 4.69) is 12.2 Å². The van der Waals surface area contributed by atoms with Crippen LogP contribution >= 0.6 is 23.1 Å². The molecule has 0 radical (unpaired) electrons. The molecule has 0 aliphatic rings. The molecule has 0 saturated carbocycles. The molecule has 0 bridgehead atoms. The third-order valence-electron chi connectivity index (χ3n) is 5.51. The number of hydrogen-bond donors (Lipinski definition) is 1. The molecule has 1 N–H and O–H groups in total. The van der Waals surface area contributed by atoms with Crippen LogP contribution in [0.3, 0.4) is 0 Å². The number of thiophene rings is 1. The number of benzene rings is 2.